The Morgan fingerprint density at radius 3 is 2.28 bits per heavy atom. The number of nitrogens with zero attached hydrogens (tertiary/aromatic N) is 5. The summed E-state index contributed by atoms with van der Waals surface area (Å²) >= 11 is 0. The minimum absolute atomic E-state index is 0.214. The maximum Gasteiger partial charge on any atom is 0.249 e. The third kappa shape index (κ3) is 5.93. The topological polar surface area (TPSA) is 107 Å². The predicted octanol–water partition coefficient (Wildman–Crippen LogP) is 4.30. The van der Waals surface area contributed by atoms with Gasteiger partial charge in [0.25, 0.3) is 0 Å². The van der Waals surface area contributed by atoms with Crippen molar-refractivity contribution in [2.24, 2.45) is 0 Å². The summed E-state index contributed by atoms with van der Waals surface area (Å²) in [6, 6.07) is 14.8. The fourth-order valence-electron chi connectivity index (χ4n) is 3.74. The number of hydrogen-bond acceptors (Lipinski definition) is 5. The minimum Gasteiger partial charge on any atom is -0.324 e. The highest BCUT2D eigenvalue weighted by Crippen LogP contribution is 2.18. The molecule has 0 bridgehead atoms. The fourth-order valence-corrected chi connectivity index (χ4v) is 3.74. The van der Waals surface area contributed by atoms with Crippen LogP contribution in [0.4, 0.5) is 11.4 Å². The van der Waals surface area contributed by atoms with Gasteiger partial charge in [0.2, 0.25) is 11.8 Å². The van der Waals surface area contributed by atoms with Crippen molar-refractivity contribution in [2.45, 2.75) is 40.3 Å². The van der Waals surface area contributed by atoms with Gasteiger partial charge in [0.05, 0.1) is 12.2 Å². The fraction of sp³-hybridized carbons (Fsp3) is 0.222. The highest BCUT2D eigenvalue weighted by Gasteiger charge is 2.15. The van der Waals surface area contributed by atoms with Crippen LogP contribution >= 0.6 is 0 Å². The molecule has 0 aliphatic rings. The van der Waals surface area contributed by atoms with Gasteiger partial charge in [-0.05, 0) is 63.6 Å². The zero-order valence-electron chi connectivity index (χ0n) is 20.8. The molecule has 184 valence electrons. The molecular formula is C27H29N7O2. The molecule has 4 aromatic rings. The Labute approximate surface area is 209 Å². The molecule has 4 rings (SSSR count). The first-order chi connectivity index (χ1) is 17.3. The van der Waals surface area contributed by atoms with Gasteiger partial charge in [-0.3, -0.25) is 14.3 Å². The molecule has 0 radical (unpaired) electrons. The SMILES string of the molecule is Cc1ccc(Cn2nc(C)c(/C=C/C(=O)Nc3ccc(NC(=O)C(C)n4cncn4)cc3)c2C)cc1. The van der Waals surface area contributed by atoms with Gasteiger partial charge < -0.3 is 10.6 Å². The summed E-state index contributed by atoms with van der Waals surface area (Å²) in [4.78, 5) is 28.7. The number of aromatic nitrogens is 5. The van der Waals surface area contributed by atoms with Crippen LogP contribution in [0.2, 0.25) is 0 Å². The average Bonchev–Trinajstić information content (AvgIpc) is 3.49. The van der Waals surface area contributed by atoms with Crippen LogP contribution in [0.3, 0.4) is 0 Å². The number of benzene rings is 2. The first-order valence-corrected chi connectivity index (χ1v) is 11.6. The van der Waals surface area contributed by atoms with Crippen molar-refractivity contribution >= 4 is 29.3 Å². The highest BCUT2D eigenvalue weighted by molar-refractivity contribution is 6.02. The largest absolute Gasteiger partial charge is 0.324 e. The van der Waals surface area contributed by atoms with E-state index in [0.717, 1.165) is 17.0 Å². The van der Waals surface area contributed by atoms with Gasteiger partial charge in [0.1, 0.15) is 18.7 Å². The predicted molar refractivity (Wildman–Crippen MR) is 139 cm³/mol. The molecule has 0 aliphatic carbocycles. The molecule has 2 amide bonds. The van der Waals surface area contributed by atoms with Gasteiger partial charge in [-0.1, -0.05) is 29.8 Å². The van der Waals surface area contributed by atoms with E-state index in [-0.39, 0.29) is 11.8 Å². The van der Waals surface area contributed by atoms with Crippen molar-refractivity contribution in [3.05, 3.63) is 95.3 Å². The summed E-state index contributed by atoms with van der Waals surface area (Å²) in [7, 11) is 0. The lowest BCUT2D eigenvalue weighted by atomic mass is 10.1. The molecule has 9 nitrogen and oxygen atoms in total. The molecule has 2 heterocycles. The van der Waals surface area contributed by atoms with Crippen molar-refractivity contribution in [1.29, 1.82) is 0 Å². The lowest BCUT2D eigenvalue weighted by Gasteiger charge is -2.12. The van der Waals surface area contributed by atoms with E-state index in [0.29, 0.717) is 17.9 Å². The molecule has 2 aromatic carbocycles. The quantitative estimate of drug-likeness (QED) is 0.364. The van der Waals surface area contributed by atoms with E-state index in [2.05, 4.69) is 57.0 Å². The highest BCUT2D eigenvalue weighted by atomic mass is 16.2. The Morgan fingerprint density at radius 2 is 1.64 bits per heavy atom. The van der Waals surface area contributed by atoms with Crippen LogP contribution in [-0.2, 0) is 16.1 Å². The molecule has 0 saturated heterocycles. The first kappa shape index (κ1) is 24.6. The van der Waals surface area contributed by atoms with Gasteiger partial charge in [-0.2, -0.15) is 10.2 Å². The second-order valence-corrected chi connectivity index (χ2v) is 8.67. The van der Waals surface area contributed by atoms with Gasteiger partial charge in [0, 0.05) is 28.7 Å². The molecule has 0 spiro atoms. The molecular weight excluding hydrogens is 454 g/mol. The first-order valence-electron chi connectivity index (χ1n) is 11.6. The molecule has 36 heavy (non-hydrogen) atoms. The maximum absolute atomic E-state index is 12.5. The molecule has 1 unspecified atom stereocenters. The standard InChI is InChI=1S/C27H29N7O2/c1-18-5-7-22(8-6-18)15-33-20(3)25(19(2)32-33)13-14-26(35)30-23-9-11-24(12-10-23)31-27(36)21(4)34-17-28-16-29-34/h5-14,16-17,21H,15H2,1-4H3,(H,30,35)(H,31,36)/b14-13+. The molecule has 2 N–H and O–H groups in total. The van der Waals surface area contributed by atoms with E-state index in [9.17, 15) is 9.59 Å². The van der Waals surface area contributed by atoms with E-state index < -0.39 is 6.04 Å². The van der Waals surface area contributed by atoms with Gasteiger partial charge in [-0.25, -0.2) is 9.67 Å². The monoisotopic (exact) mass is 483 g/mol. The molecule has 1 atom stereocenters. The number of hydrogen-bond donors (Lipinski definition) is 2. The lowest BCUT2D eigenvalue weighted by Crippen LogP contribution is -2.24. The van der Waals surface area contributed by atoms with Crippen LogP contribution < -0.4 is 10.6 Å². The van der Waals surface area contributed by atoms with Gasteiger partial charge in [0.15, 0.2) is 0 Å². The van der Waals surface area contributed by atoms with Crippen LogP contribution in [0.15, 0.2) is 67.3 Å². The Bertz CT molecular complexity index is 1370. The smallest absolute Gasteiger partial charge is 0.249 e. The number of amides is 2. The zero-order valence-corrected chi connectivity index (χ0v) is 20.8. The van der Waals surface area contributed by atoms with E-state index in [1.165, 1.54) is 34.5 Å². The van der Waals surface area contributed by atoms with Crippen LogP contribution in [-0.4, -0.2) is 36.4 Å². The van der Waals surface area contributed by atoms with E-state index in [1.807, 2.05) is 18.5 Å². The molecule has 9 heteroatoms. The number of anilines is 2. The number of nitrogens with one attached hydrogen (secondary N) is 2. The van der Waals surface area contributed by atoms with Crippen molar-refractivity contribution in [2.75, 3.05) is 10.6 Å². The van der Waals surface area contributed by atoms with Crippen LogP contribution in [0.25, 0.3) is 6.08 Å². The van der Waals surface area contributed by atoms with Crippen LogP contribution in [0, 0.1) is 20.8 Å². The number of carbonyl (C=O) groups is 2. The summed E-state index contributed by atoms with van der Waals surface area (Å²) < 4.78 is 3.43. The van der Waals surface area contributed by atoms with Crippen molar-refractivity contribution in [3.63, 3.8) is 0 Å². The molecule has 0 fully saturated rings. The van der Waals surface area contributed by atoms with Gasteiger partial charge >= 0.3 is 0 Å². The van der Waals surface area contributed by atoms with E-state index in [4.69, 9.17) is 0 Å². The summed E-state index contributed by atoms with van der Waals surface area (Å²) in [5.41, 5.74) is 6.42. The van der Waals surface area contributed by atoms with Crippen LogP contribution in [0.1, 0.15) is 41.0 Å². The number of carbonyl (C=O) groups excluding carboxylic acids is 2. The molecule has 0 aliphatic heterocycles. The van der Waals surface area contributed by atoms with E-state index in [1.54, 1.807) is 37.3 Å². The molecule has 2 aromatic heterocycles. The number of aryl methyl sites for hydroxylation is 2. The Morgan fingerprint density at radius 1 is 0.972 bits per heavy atom. The average molecular weight is 484 g/mol. The second-order valence-electron chi connectivity index (χ2n) is 8.67. The van der Waals surface area contributed by atoms with Crippen LogP contribution in [0.5, 0.6) is 0 Å². The van der Waals surface area contributed by atoms with Crippen molar-refractivity contribution in [1.82, 2.24) is 24.5 Å². The summed E-state index contributed by atoms with van der Waals surface area (Å²) in [5.74, 6) is -0.467. The third-order valence-electron chi connectivity index (χ3n) is 5.92. The maximum atomic E-state index is 12.5. The molecule has 0 saturated carbocycles. The van der Waals surface area contributed by atoms with E-state index >= 15 is 0 Å². The normalized spacial score (nSPS) is 12.0. The zero-order chi connectivity index (χ0) is 25.7. The summed E-state index contributed by atoms with van der Waals surface area (Å²) in [6.07, 6.45) is 6.17. The lowest BCUT2D eigenvalue weighted by molar-refractivity contribution is -0.119. The minimum atomic E-state index is -0.495. The van der Waals surface area contributed by atoms with Gasteiger partial charge in [-0.15, -0.1) is 0 Å². The summed E-state index contributed by atoms with van der Waals surface area (Å²) in [5, 5.41) is 14.3. The number of rotatable bonds is 8. The summed E-state index contributed by atoms with van der Waals surface area (Å²) in [6.45, 7) is 8.42. The third-order valence-corrected chi connectivity index (χ3v) is 5.92. The Balaban J connectivity index is 1.35. The van der Waals surface area contributed by atoms with Crippen molar-refractivity contribution < 1.29 is 9.59 Å². The Hall–Kier alpha value is -4.53. The second kappa shape index (κ2) is 10.8. The Kier molecular flexibility index (Phi) is 7.39. The van der Waals surface area contributed by atoms with Crippen molar-refractivity contribution in [3.8, 4) is 0 Å².